The zero-order valence-corrected chi connectivity index (χ0v) is 17.6. The summed E-state index contributed by atoms with van der Waals surface area (Å²) in [6, 6.07) is 8.66. The Hall–Kier alpha value is -3.60. The summed E-state index contributed by atoms with van der Waals surface area (Å²) in [4.78, 5) is 41.0. The van der Waals surface area contributed by atoms with Gasteiger partial charge in [-0.2, -0.15) is 4.98 Å². The molecule has 0 spiro atoms. The lowest BCUT2D eigenvalue weighted by atomic mass is 10.2. The van der Waals surface area contributed by atoms with E-state index in [0.717, 1.165) is 12.8 Å². The minimum absolute atomic E-state index is 0.169. The predicted molar refractivity (Wildman–Crippen MR) is 112 cm³/mol. The van der Waals surface area contributed by atoms with Crippen LogP contribution in [0.15, 0.2) is 39.6 Å². The molecule has 1 amide bonds. The normalized spacial score (nSPS) is 16.2. The highest BCUT2D eigenvalue weighted by Crippen LogP contribution is 2.36. The number of thiazole rings is 1. The fourth-order valence-corrected chi connectivity index (χ4v) is 4.66. The lowest BCUT2D eigenvalue weighted by Gasteiger charge is -2.22. The number of benzene rings is 1. The molecule has 1 saturated heterocycles. The fourth-order valence-electron chi connectivity index (χ4n) is 3.58. The molecule has 0 radical (unpaired) electrons. The third-order valence-electron chi connectivity index (χ3n) is 5.10. The Balaban J connectivity index is 1.49. The number of carbonyl (C=O) groups is 1. The van der Waals surface area contributed by atoms with Crippen molar-refractivity contribution in [3.8, 4) is 17.5 Å². The van der Waals surface area contributed by atoms with Gasteiger partial charge in [-0.15, -0.1) is 0 Å². The fraction of sp³-hybridized carbons (Fsp3) is 0.300. The maximum absolute atomic E-state index is 12.9. The van der Waals surface area contributed by atoms with E-state index in [0.29, 0.717) is 28.0 Å². The summed E-state index contributed by atoms with van der Waals surface area (Å²) >= 11 is 1.29. The van der Waals surface area contributed by atoms with Gasteiger partial charge < -0.3 is 9.26 Å². The van der Waals surface area contributed by atoms with Gasteiger partial charge in [-0.1, -0.05) is 34.7 Å². The zero-order chi connectivity index (χ0) is 21.5. The number of rotatable bonds is 3. The van der Waals surface area contributed by atoms with Gasteiger partial charge in [-0.3, -0.25) is 14.3 Å². The van der Waals surface area contributed by atoms with Crippen LogP contribution >= 0.6 is 11.3 Å². The van der Waals surface area contributed by atoms with Gasteiger partial charge in [0.15, 0.2) is 16.2 Å². The summed E-state index contributed by atoms with van der Waals surface area (Å²) in [6.07, 6.45) is 1.12. The third kappa shape index (κ3) is 3.46. The Kier molecular flexibility index (Phi) is 4.74. The molecular formula is C20H18N6O4S. The first kappa shape index (κ1) is 19.4. The lowest BCUT2D eigenvalue weighted by molar-refractivity contribution is 0.147. The van der Waals surface area contributed by atoms with Crippen molar-refractivity contribution in [2.24, 2.45) is 7.05 Å². The van der Waals surface area contributed by atoms with Gasteiger partial charge in [0.05, 0.1) is 6.04 Å². The van der Waals surface area contributed by atoms with Crippen molar-refractivity contribution in [2.75, 3.05) is 6.54 Å². The number of hydrogen-bond acceptors (Lipinski definition) is 9. The minimum Gasteiger partial charge on any atom is -0.410 e. The molecule has 10 nitrogen and oxygen atoms in total. The van der Waals surface area contributed by atoms with E-state index in [4.69, 9.17) is 9.26 Å². The number of nitrogens with zero attached hydrogens (tertiary/aromatic N) is 6. The average molecular weight is 438 g/mol. The van der Waals surface area contributed by atoms with Crippen LogP contribution in [0.1, 0.15) is 29.7 Å². The van der Waals surface area contributed by atoms with E-state index < -0.39 is 6.09 Å². The summed E-state index contributed by atoms with van der Waals surface area (Å²) < 4.78 is 12.0. The molecule has 11 heteroatoms. The van der Waals surface area contributed by atoms with Crippen molar-refractivity contribution in [1.29, 1.82) is 0 Å². The first-order chi connectivity index (χ1) is 15.0. The maximum Gasteiger partial charge on any atom is 0.415 e. The first-order valence-electron chi connectivity index (χ1n) is 9.73. The number of carbonyl (C=O) groups excluding carboxylic acids is 1. The SMILES string of the molecule is Cc1noc(-c2nc3sc(C4CCCN4C(=O)Oc4ccccc4)nc3c(=O)n2C)n1. The lowest BCUT2D eigenvalue weighted by Crippen LogP contribution is -2.33. The molecule has 158 valence electrons. The molecule has 5 rings (SSSR count). The topological polar surface area (TPSA) is 116 Å². The molecule has 4 heterocycles. The molecular weight excluding hydrogens is 420 g/mol. The number of amides is 1. The Bertz CT molecular complexity index is 1330. The molecule has 4 aromatic rings. The number of aromatic nitrogens is 5. The van der Waals surface area contributed by atoms with Crippen LogP contribution in [0.25, 0.3) is 22.1 Å². The quantitative estimate of drug-likeness (QED) is 0.479. The van der Waals surface area contributed by atoms with E-state index in [1.54, 1.807) is 31.0 Å². The second-order valence-corrected chi connectivity index (χ2v) is 8.19. The first-order valence-corrected chi connectivity index (χ1v) is 10.5. The van der Waals surface area contributed by atoms with Crippen LogP contribution in [0.2, 0.25) is 0 Å². The molecule has 0 saturated carbocycles. The highest BCUT2D eigenvalue weighted by molar-refractivity contribution is 7.18. The molecule has 31 heavy (non-hydrogen) atoms. The molecule has 3 aromatic heterocycles. The molecule has 1 aromatic carbocycles. The molecule has 1 fully saturated rings. The smallest absolute Gasteiger partial charge is 0.410 e. The van der Waals surface area contributed by atoms with E-state index in [1.807, 2.05) is 18.2 Å². The number of para-hydroxylation sites is 1. The van der Waals surface area contributed by atoms with Crippen molar-refractivity contribution in [1.82, 2.24) is 29.6 Å². The maximum atomic E-state index is 12.9. The van der Waals surface area contributed by atoms with Crippen LogP contribution in [-0.4, -0.2) is 42.2 Å². The van der Waals surface area contributed by atoms with Gasteiger partial charge >= 0.3 is 6.09 Å². The van der Waals surface area contributed by atoms with Crippen molar-refractivity contribution < 1.29 is 14.1 Å². The monoisotopic (exact) mass is 438 g/mol. The Morgan fingerprint density at radius 2 is 2.03 bits per heavy atom. The summed E-state index contributed by atoms with van der Waals surface area (Å²) in [6.45, 7) is 2.25. The molecule has 0 bridgehead atoms. The highest BCUT2D eigenvalue weighted by atomic mass is 32.1. The van der Waals surface area contributed by atoms with E-state index >= 15 is 0 Å². The van der Waals surface area contributed by atoms with Crippen molar-refractivity contribution in [3.05, 3.63) is 51.5 Å². The van der Waals surface area contributed by atoms with Crippen LogP contribution in [0.5, 0.6) is 5.75 Å². The Labute approximate surface area is 180 Å². The number of fused-ring (bicyclic) bond motifs is 1. The summed E-state index contributed by atoms with van der Waals surface area (Å²) in [7, 11) is 1.59. The van der Waals surface area contributed by atoms with Crippen LogP contribution < -0.4 is 10.3 Å². The molecule has 1 unspecified atom stereocenters. The third-order valence-corrected chi connectivity index (χ3v) is 6.15. The predicted octanol–water partition coefficient (Wildman–Crippen LogP) is 3.08. The second kappa shape index (κ2) is 7.58. The van der Waals surface area contributed by atoms with Crippen molar-refractivity contribution in [3.63, 3.8) is 0 Å². The van der Waals surface area contributed by atoms with E-state index in [1.165, 1.54) is 15.9 Å². The molecule has 1 aliphatic heterocycles. The number of aryl methyl sites for hydroxylation is 1. The number of hydrogen-bond donors (Lipinski definition) is 0. The molecule has 0 aliphatic carbocycles. The van der Waals surface area contributed by atoms with Crippen LogP contribution in [0.4, 0.5) is 4.79 Å². The standard InChI is InChI=1S/C20H18N6O4S/c1-11-21-16(30-24-11)15-23-18-14(19(27)25(15)2)22-17(31-18)13-9-6-10-26(13)20(28)29-12-7-4-3-5-8-12/h3-5,7-8,13H,6,9-10H2,1-2H3. The van der Waals surface area contributed by atoms with Gasteiger partial charge in [0.2, 0.25) is 5.82 Å². The van der Waals surface area contributed by atoms with Crippen molar-refractivity contribution in [2.45, 2.75) is 25.8 Å². The van der Waals surface area contributed by atoms with Crippen LogP contribution in [0.3, 0.4) is 0 Å². The second-order valence-electron chi connectivity index (χ2n) is 7.18. The van der Waals surface area contributed by atoms with Crippen molar-refractivity contribution >= 4 is 27.8 Å². The Morgan fingerprint density at radius 1 is 1.23 bits per heavy atom. The Morgan fingerprint density at radius 3 is 2.77 bits per heavy atom. The summed E-state index contributed by atoms with van der Waals surface area (Å²) in [5.74, 6) is 1.38. The van der Waals surface area contributed by atoms with Gasteiger partial charge in [0.25, 0.3) is 11.4 Å². The average Bonchev–Trinajstić information content (AvgIpc) is 3.50. The highest BCUT2D eigenvalue weighted by Gasteiger charge is 2.34. The number of likely N-dealkylation sites (tertiary alicyclic amines) is 1. The van der Waals surface area contributed by atoms with Gasteiger partial charge in [-0.25, -0.2) is 14.8 Å². The molecule has 0 N–H and O–H groups in total. The largest absolute Gasteiger partial charge is 0.415 e. The summed E-state index contributed by atoms with van der Waals surface area (Å²) in [5, 5.41) is 4.42. The van der Waals surface area contributed by atoms with E-state index in [2.05, 4.69) is 20.1 Å². The van der Waals surface area contributed by atoms with Gasteiger partial charge in [0, 0.05) is 13.6 Å². The van der Waals surface area contributed by atoms with E-state index in [9.17, 15) is 9.59 Å². The summed E-state index contributed by atoms with van der Waals surface area (Å²) in [5.41, 5.74) is -0.0551. The zero-order valence-electron chi connectivity index (χ0n) is 16.8. The number of ether oxygens (including phenoxy) is 1. The molecule has 1 atom stereocenters. The van der Waals surface area contributed by atoms with Crippen LogP contribution in [-0.2, 0) is 7.05 Å². The van der Waals surface area contributed by atoms with E-state index in [-0.39, 0.29) is 28.8 Å². The van der Waals surface area contributed by atoms with Crippen LogP contribution in [0, 0.1) is 6.92 Å². The minimum atomic E-state index is -0.434. The molecule has 1 aliphatic rings. The van der Waals surface area contributed by atoms with Gasteiger partial charge in [0.1, 0.15) is 10.8 Å². The van der Waals surface area contributed by atoms with Gasteiger partial charge in [-0.05, 0) is 31.9 Å².